The van der Waals surface area contributed by atoms with Crippen molar-refractivity contribution in [3.63, 3.8) is 0 Å². The summed E-state index contributed by atoms with van der Waals surface area (Å²) in [4.78, 5) is 0. The van der Waals surface area contributed by atoms with Crippen LogP contribution in [-0.2, 0) is 0 Å². The Bertz CT molecular complexity index is 6180. The second kappa shape index (κ2) is 109. The van der Waals surface area contributed by atoms with Crippen LogP contribution in [0, 0.1) is 32.4 Å². The number of unbranched alkanes of at least 4 members (excludes halogenated alkanes) is 8. The molecular weight excluding hydrogens is 1440 g/mol. The van der Waals surface area contributed by atoms with Crippen LogP contribution in [0.3, 0.4) is 0 Å². The van der Waals surface area contributed by atoms with E-state index in [9.17, 15) is 0 Å². The van der Waals surface area contributed by atoms with Gasteiger partial charge in [-0.15, -0.1) is 6.58 Å². The summed E-state index contributed by atoms with van der Waals surface area (Å²) in [5.74, 6) is -0.0535. The maximum atomic E-state index is 8.04. The molecule has 9 rings (SSSR count). The van der Waals surface area contributed by atoms with E-state index >= 15 is 0 Å². The number of allylic oxidation sites excluding steroid dienone is 15. The van der Waals surface area contributed by atoms with Gasteiger partial charge in [-0.05, 0) is 200 Å². The van der Waals surface area contributed by atoms with Crippen molar-refractivity contribution in [2.75, 3.05) is 0 Å². The molecule has 0 radical (unpaired) electrons. The van der Waals surface area contributed by atoms with E-state index in [0.717, 1.165) is 87.8 Å². The molecule has 1 aliphatic carbocycles. The molecule has 670 valence electrons. The highest BCUT2D eigenvalue weighted by Crippen LogP contribution is 2.22. The Morgan fingerprint density at radius 3 is 1.18 bits per heavy atom. The normalized spacial score (nSPS) is 25.3. The molecule has 0 saturated carbocycles. The maximum absolute atomic E-state index is 8.04. The molecule has 0 saturated heterocycles. The van der Waals surface area contributed by atoms with Crippen LogP contribution in [0.4, 0.5) is 0 Å². The fourth-order valence-electron chi connectivity index (χ4n) is 7.62. The Hall–Kier alpha value is -7.80. The van der Waals surface area contributed by atoms with Gasteiger partial charge >= 0.3 is 0 Å². The van der Waals surface area contributed by atoms with Gasteiger partial charge in [-0.25, -0.2) is 0 Å². The first-order valence-corrected chi connectivity index (χ1v) is 40.8. The Balaban J connectivity index is -0.000000635. The fourth-order valence-corrected chi connectivity index (χ4v) is 7.62. The molecule has 8 aromatic carbocycles. The third kappa shape index (κ3) is 101. The van der Waals surface area contributed by atoms with Crippen molar-refractivity contribution in [2.45, 2.75) is 381 Å². The summed E-state index contributed by atoms with van der Waals surface area (Å²) in [7, 11) is 0. The number of benzene rings is 8. The molecule has 0 nitrogen and oxygen atoms in total. The van der Waals surface area contributed by atoms with Crippen molar-refractivity contribution in [3.05, 3.63) is 338 Å². The van der Waals surface area contributed by atoms with Crippen LogP contribution in [0.1, 0.15) is 467 Å². The van der Waals surface area contributed by atoms with E-state index in [2.05, 4.69) is 27.4 Å². The molecule has 1 aliphatic rings. The second-order valence-corrected chi connectivity index (χ2v) is 24.0. The minimum Gasteiger partial charge on any atom is -0.103 e. The minimum atomic E-state index is -2.92. The lowest BCUT2D eigenvalue weighted by molar-refractivity contribution is 0.343. The zero-order valence-electron chi connectivity index (χ0n) is 139. The predicted octanol–water partition coefficient (Wildman–Crippen LogP) is 41.5. The first-order valence-electron chi connectivity index (χ1n) is 76.7. The van der Waals surface area contributed by atoms with Crippen LogP contribution < -0.4 is 0 Å². The van der Waals surface area contributed by atoms with E-state index in [1.54, 1.807) is 67.6 Å². The average Bonchev–Trinajstić information content (AvgIpc) is 0.753. The van der Waals surface area contributed by atoms with Gasteiger partial charge in [0.15, 0.2) is 0 Å². The molecule has 0 aromatic heterocycles. The quantitative estimate of drug-likeness (QED) is 0.0267. The van der Waals surface area contributed by atoms with E-state index in [0.29, 0.717) is 18.1 Å². The van der Waals surface area contributed by atoms with Gasteiger partial charge in [-0.2, -0.15) is 0 Å². The lowest BCUT2D eigenvalue weighted by Gasteiger charge is -2.18. The van der Waals surface area contributed by atoms with E-state index in [1.165, 1.54) is 44.6 Å². The molecule has 0 heterocycles. The standard InChI is InChI=1S/C13H26.2C10H8.3C10H20.C8H10.3C8H16.C7H8.C6H10.2C6H6/c1-5-7-8-9-11-13(4)12(3)10-6-2;2*1-2-6-10-8-4-3-7-9(10)5-1;3*1-3-5-7-9-10-8-6-4-2;1-7-5-3-4-6-8(7)2;3*1-3-5-7-8-6-4-2;1-7-5-3-2-4-6-7;3*1-2-4-6-5-3-1/h7-8,12-13H,5-6,9-11H2,1-4H3;2*1-8H;9-10H,3-8H2,1-2H3;2*5,7H,3-4,6,8-10H2,1-2H3;3-6H,1-2H3;2*5,7H,3-4,6,8H2,1-2H3;3H,1,4-8H2,2H3;2-6H,1H3;1-2H,3-6H2;2*1-6H/b8-7+;;;10-9+;2*7-5+;;2*7-5+;;;;;/i6D,9D,10D,11D;1D,2D,3D,4D,5D,6D,7D,8D;1D,5D;1D,3D,5D,7D;2D,4D,6D,8D,9D,10D;1D,3D;1D3,2D3,3D,4D,5D,6D;2D,4D,6D,8D;1D,3D;2D,4D,5D,6D,7D,8D;1D3,2D,3D,4D,5D,6D;1D,2D;1D,2D,3D,4D,5D,6D;1D,2D. The lowest BCUT2D eigenvalue weighted by atomic mass is 9.88. The number of fused-ring (bicyclic) bond motifs is 2. The molecule has 0 heteroatoms. The highest BCUT2D eigenvalue weighted by Gasteiger charge is 2.09. The Kier molecular flexibility index (Phi) is 42.1. The van der Waals surface area contributed by atoms with Gasteiger partial charge in [0.1, 0.15) is 0 Å². The lowest BCUT2D eigenvalue weighted by Crippen LogP contribution is -2.06. The van der Waals surface area contributed by atoms with Crippen LogP contribution in [0.2, 0.25) is 0 Å². The maximum Gasteiger partial charge on any atom is 0.0629 e. The zero-order valence-corrected chi connectivity index (χ0v) is 73.3. The molecule has 0 aliphatic heterocycles. The highest BCUT2D eigenvalue weighted by atomic mass is 14.2. The van der Waals surface area contributed by atoms with Crippen LogP contribution in [-0.4, -0.2) is 0 Å². The third-order valence-electron chi connectivity index (χ3n) is 14.0. The summed E-state index contributed by atoms with van der Waals surface area (Å²) in [5, 5.41) is 1.53. The first-order chi connectivity index (χ1) is 86.3. The molecule has 120 heavy (non-hydrogen) atoms. The molecule has 0 spiro atoms. The molecule has 0 amide bonds. The largest absolute Gasteiger partial charge is 0.103 e. The van der Waals surface area contributed by atoms with Crippen molar-refractivity contribution in [2.24, 2.45) is 11.8 Å². The average molecular weight is 1700 g/mol. The van der Waals surface area contributed by atoms with E-state index in [1.807, 2.05) is 107 Å². The molecule has 24 atom stereocenters. The summed E-state index contributed by atoms with van der Waals surface area (Å²) < 4.78 is 485. The summed E-state index contributed by atoms with van der Waals surface area (Å²) in [5.41, 5.74) is -2.31. The predicted molar refractivity (Wildman–Crippen MR) is 559 cm³/mol. The van der Waals surface area contributed by atoms with Gasteiger partial charge in [-0.1, -0.05) is 546 Å². The first kappa shape index (κ1) is 46.2. The molecule has 0 bridgehead atoms. The van der Waals surface area contributed by atoms with Crippen molar-refractivity contribution in [1.29, 1.82) is 0 Å². The Labute approximate surface area is 841 Å². The zero-order chi connectivity index (χ0) is 145. The van der Waals surface area contributed by atoms with Gasteiger partial charge in [0.2, 0.25) is 0 Å². The Morgan fingerprint density at radius 2 is 0.733 bits per heavy atom. The van der Waals surface area contributed by atoms with Gasteiger partial charge in [-0.3, -0.25) is 0 Å². The van der Waals surface area contributed by atoms with Crippen LogP contribution in [0.25, 0.3) is 21.5 Å². The Morgan fingerprint density at radius 1 is 0.325 bits per heavy atom. The van der Waals surface area contributed by atoms with Crippen molar-refractivity contribution in [3.8, 4) is 0 Å². The topological polar surface area (TPSA) is 0 Å². The van der Waals surface area contributed by atoms with E-state index in [-0.39, 0.29) is 94.9 Å². The smallest absolute Gasteiger partial charge is 0.0629 e. The summed E-state index contributed by atoms with van der Waals surface area (Å²) in [6.07, 6.45) is 25.2. The summed E-state index contributed by atoms with van der Waals surface area (Å²) in [6, 6.07) is 7.28. The van der Waals surface area contributed by atoms with Gasteiger partial charge < -0.3 is 0 Å². The van der Waals surface area contributed by atoms with Crippen LogP contribution in [0.15, 0.2) is 321 Å². The summed E-state index contributed by atoms with van der Waals surface area (Å²) >= 11 is 0. The van der Waals surface area contributed by atoms with Crippen LogP contribution in [0.5, 0.6) is 0 Å². The van der Waals surface area contributed by atoms with Gasteiger partial charge in [0.25, 0.3) is 0 Å². The monoisotopic (exact) mass is 1700 g/mol. The van der Waals surface area contributed by atoms with E-state index in [4.69, 9.17) is 90.5 Å². The molecule has 24 unspecified atom stereocenters. The molecule has 8 aromatic rings. The number of rotatable bonds is 38. The van der Waals surface area contributed by atoms with E-state index < -0.39 is 304 Å². The van der Waals surface area contributed by atoms with Crippen molar-refractivity contribution >= 4 is 21.5 Å². The highest BCUT2D eigenvalue weighted by molar-refractivity contribution is 5.82. The SMILES string of the molecule is [2H]C(C)C([2H])C(C)C(C)C([2H])C([2H])/C=C/CC.[2H]C1=C([2H])CCCC1.[2H]CC([2H])/C=C/CCCC.[2H]CC([2H])/C=C/CCCCCC.[2H]CC([2H])C([2H])C([2H])/C=C/CC.[2H]CC([2H])C([2H])C([2H])/C=C/CCCC.[2H]CC([2H])C([2H])C([2H])C([2H])C([2H])/C=C/CC.[2H]CC([2H])C([2H])C([2H])C([2H])C([2H])C=C.[2H]c1c([2H])c([2H])c(C([2H])([2H])[2H])c(C([2H])([2H])[2H])c1[2H].[2H]c1c([2H])c([2H])c(C([2H])([2H])[2H])c([2H])c1[2H].[2H]c1c([2H])c([2H])c([2H])c([2H])c1[2H].[2H]c1c([2H])c([2H])c2c([2H])c([2H])c([2H])c([2H])c2c1[2H].[2H]c1ccc2ccccc2c1[2H].[2H]c1ccccc1[2H]. The minimum absolute atomic E-state index is 0.0205. The third-order valence-corrected chi connectivity index (χ3v) is 14.0. The number of hydrogen-bond donors (Lipinski definition) is 0. The molecule has 0 N–H and O–H groups in total. The molecule has 0 fully saturated rings. The van der Waals surface area contributed by atoms with Gasteiger partial charge in [0.05, 0.1) is 39.8 Å². The van der Waals surface area contributed by atoms with Crippen LogP contribution >= 0.6 is 0 Å². The van der Waals surface area contributed by atoms with Crippen molar-refractivity contribution < 1.29 is 90.5 Å². The fraction of sp³-hybridized carbons (Fsp3) is 0.500. The summed E-state index contributed by atoms with van der Waals surface area (Å²) in [6.45, 7) is 12.5. The van der Waals surface area contributed by atoms with Crippen molar-refractivity contribution in [1.82, 2.24) is 0 Å². The van der Waals surface area contributed by atoms with Gasteiger partial charge in [0, 0.05) is 50.7 Å². The molecular formula is C120H190. The second-order valence-electron chi connectivity index (χ2n) is 24.0. The number of hydrogen-bond acceptors (Lipinski definition) is 0.